The topological polar surface area (TPSA) is 88.2 Å². The number of carbonyl (C=O) groups excluding carboxylic acids is 1. The molecule has 0 radical (unpaired) electrons. The number of aliphatic hydroxyl groups is 1. The largest absolute Gasteiger partial charge is 0.389 e. The monoisotopic (exact) mass is 301 g/mol. The van der Waals surface area contributed by atoms with Crippen LogP contribution in [0, 0.1) is 0 Å². The zero-order chi connectivity index (χ0) is 15.4. The van der Waals surface area contributed by atoms with Crippen molar-refractivity contribution in [3.63, 3.8) is 0 Å². The number of rotatable bonds is 4. The lowest BCUT2D eigenvalue weighted by molar-refractivity contribution is -0.122. The second kappa shape index (κ2) is 6.27. The zero-order valence-corrected chi connectivity index (χ0v) is 12.3. The summed E-state index contributed by atoms with van der Waals surface area (Å²) in [5.41, 5.74) is 0.572. The Kier molecular flexibility index (Phi) is 4.20. The maximum atomic E-state index is 12.2. The van der Waals surface area contributed by atoms with Crippen LogP contribution in [0.5, 0.6) is 0 Å². The van der Waals surface area contributed by atoms with Gasteiger partial charge in [0.2, 0.25) is 18.1 Å². The van der Waals surface area contributed by atoms with E-state index in [1.165, 1.54) is 6.39 Å². The third kappa shape index (κ3) is 3.51. The number of hydrogen-bond donors (Lipinski definition) is 2. The third-order valence-electron chi connectivity index (χ3n) is 4.04. The Morgan fingerprint density at radius 1 is 1.32 bits per heavy atom. The van der Waals surface area contributed by atoms with Crippen LogP contribution in [-0.2, 0) is 4.79 Å². The molecular formula is C16H19N3O3. The minimum atomic E-state index is -0.854. The molecule has 1 amide bonds. The van der Waals surface area contributed by atoms with Crippen LogP contribution in [0.3, 0.4) is 0 Å². The molecule has 1 aliphatic carbocycles. The van der Waals surface area contributed by atoms with Crippen LogP contribution in [0.1, 0.15) is 38.5 Å². The van der Waals surface area contributed by atoms with Gasteiger partial charge in [-0.1, -0.05) is 36.6 Å². The van der Waals surface area contributed by atoms with Crippen LogP contribution in [0.25, 0.3) is 11.4 Å². The average Bonchev–Trinajstić information content (AvgIpc) is 3.01. The van der Waals surface area contributed by atoms with Crippen molar-refractivity contribution in [3.05, 3.63) is 30.7 Å². The van der Waals surface area contributed by atoms with E-state index in [1.54, 1.807) is 12.1 Å². The minimum absolute atomic E-state index is 0.138. The average molecular weight is 301 g/mol. The summed E-state index contributed by atoms with van der Waals surface area (Å²) in [5.74, 6) is 0.302. The first-order valence-electron chi connectivity index (χ1n) is 7.54. The lowest BCUT2D eigenvalue weighted by Gasteiger charge is -2.31. The fraction of sp³-hybridized carbons (Fsp3) is 0.438. The maximum absolute atomic E-state index is 12.2. The molecule has 1 saturated carbocycles. The van der Waals surface area contributed by atoms with Crippen molar-refractivity contribution in [1.29, 1.82) is 0 Å². The molecule has 0 unspecified atom stereocenters. The van der Waals surface area contributed by atoms with Gasteiger partial charge < -0.3 is 14.9 Å². The smallest absolute Gasteiger partial charge is 0.227 e. The molecule has 0 bridgehead atoms. The first kappa shape index (κ1) is 14.7. The van der Waals surface area contributed by atoms with E-state index >= 15 is 0 Å². The molecule has 1 aromatic carbocycles. The van der Waals surface area contributed by atoms with Gasteiger partial charge in [-0.3, -0.25) is 4.79 Å². The van der Waals surface area contributed by atoms with Crippen LogP contribution in [0.4, 0.5) is 5.69 Å². The Hall–Kier alpha value is -2.21. The number of amides is 1. The fourth-order valence-corrected chi connectivity index (χ4v) is 2.92. The second-order valence-corrected chi connectivity index (χ2v) is 5.85. The molecule has 2 aromatic rings. The van der Waals surface area contributed by atoms with E-state index in [9.17, 15) is 9.90 Å². The standard InChI is InChI=1S/C16H19N3O3/c20-14(10-16(21)7-2-1-3-8-16)18-13-6-4-5-12(9-13)15-17-11-22-19-15/h4-6,9,11,21H,1-3,7-8,10H2,(H,18,20). The van der Waals surface area contributed by atoms with Crippen LogP contribution in [0.15, 0.2) is 35.2 Å². The highest BCUT2D eigenvalue weighted by molar-refractivity contribution is 5.92. The molecule has 1 heterocycles. The summed E-state index contributed by atoms with van der Waals surface area (Å²) in [5, 5.41) is 17.0. The molecule has 6 heteroatoms. The van der Waals surface area contributed by atoms with Gasteiger partial charge in [-0.25, -0.2) is 0 Å². The highest BCUT2D eigenvalue weighted by Crippen LogP contribution is 2.31. The van der Waals surface area contributed by atoms with Crippen molar-refractivity contribution >= 4 is 11.6 Å². The molecule has 3 rings (SSSR count). The molecule has 1 aromatic heterocycles. The van der Waals surface area contributed by atoms with E-state index in [4.69, 9.17) is 4.52 Å². The predicted molar refractivity (Wildman–Crippen MR) is 81.0 cm³/mol. The third-order valence-corrected chi connectivity index (χ3v) is 4.04. The lowest BCUT2D eigenvalue weighted by atomic mass is 9.82. The molecule has 2 N–H and O–H groups in total. The van der Waals surface area contributed by atoms with Crippen molar-refractivity contribution in [1.82, 2.24) is 10.1 Å². The van der Waals surface area contributed by atoms with E-state index in [-0.39, 0.29) is 12.3 Å². The van der Waals surface area contributed by atoms with Crippen molar-refractivity contribution < 1.29 is 14.4 Å². The van der Waals surface area contributed by atoms with Crippen LogP contribution < -0.4 is 5.32 Å². The number of anilines is 1. The number of nitrogens with zero attached hydrogens (tertiary/aromatic N) is 2. The normalized spacial score (nSPS) is 17.1. The van der Waals surface area contributed by atoms with E-state index < -0.39 is 5.60 Å². The van der Waals surface area contributed by atoms with E-state index in [1.807, 2.05) is 12.1 Å². The van der Waals surface area contributed by atoms with Gasteiger partial charge in [0.15, 0.2) is 0 Å². The number of hydrogen-bond acceptors (Lipinski definition) is 5. The Morgan fingerprint density at radius 3 is 2.86 bits per heavy atom. The van der Waals surface area contributed by atoms with Crippen molar-refractivity contribution in [2.75, 3.05) is 5.32 Å². The van der Waals surface area contributed by atoms with Crippen molar-refractivity contribution in [2.24, 2.45) is 0 Å². The molecule has 0 saturated heterocycles. The highest BCUT2D eigenvalue weighted by atomic mass is 16.5. The van der Waals surface area contributed by atoms with Gasteiger partial charge in [0.1, 0.15) is 0 Å². The maximum Gasteiger partial charge on any atom is 0.227 e. The van der Waals surface area contributed by atoms with Gasteiger partial charge in [0, 0.05) is 11.3 Å². The SMILES string of the molecule is O=C(CC1(O)CCCCC1)Nc1cccc(-c2ncon2)c1. The minimum Gasteiger partial charge on any atom is -0.389 e. The summed E-state index contributed by atoms with van der Waals surface area (Å²) in [6, 6.07) is 7.24. The Bertz CT molecular complexity index is 634. The molecule has 0 atom stereocenters. The predicted octanol–water partition coefficient (Wildman–Crippen LogP) is 2.76. The lowest BCUT2D eigenvalue weighted by Crippen LogP contribution is -2.35. The summed E-state index contributed by atoms with van der Waals surface area (Å²) in [6.07, 6.45) is 5.90. The van der Waals surface area contributed by atoms with Gasteiger partial charge in [-0.15, -0.1) is 0 Å². The van der Waals surface area contributed by atoms with Gasteiger partial charge in [0.05, 0.1) is 12.0 Å². The molecular weight excluding hydrogens is 282 g/mol. The Morgan fingerprint density at radius 2 is 2.14 bits per heavy atom. The number of aromatic nitrogens is 2. The highest BCUT2D eigenvalue weighted by Gasteiger charge is 2.31. The number of nitrogens with one attached hydrogen (secondary N) is 1. The van der Waals surface area contributed by atoms with E-state index in [2.05, 4.69) is 15.5 Å². The summed E-state index contributed by atoms with van der Waals surface area (Å²) in [7, 11) is 0. The molecule has 116 valence electrons. The quantitative estimate of drug-likeness (QED) is 0.906. The molecule has 22 heavy (non-hydrogen) atoms. The van der Waals surface area contributed by atoms with Crippen LogP contribution in [-0.4, -0.2) is 26.8 Å². The number of carbonyl (C=O) groups is 1. The van der Waals surface area contributed by atoms with Gasteiger partial charge in [-0.05, 0) is 25.0 Å². The number of benzene rings is 1. The molecule has 0 spiro atoms. The molecule has 0 aliphatic heterocycles. The van der Waals surface area contributed by atoms with Crippen LogP contribution >= 0.6 is 0 Å². The Labute approximate surface area is 128 Å². The first-order chi connectivity index (χ1) is 10.6. The molecule has 1 fully saturated rings. The summed E-state index contributed by atoms with van der Waals surface area (Å²) in [6.45, 7) is 0. The van der Waals surface area contributed by atoms with Crippen molar-refractivity contribution in [2.45, 2.75) is 44.1 Å². The zero-order valence-electron chi connectivity index (χ0n) is 12.3. The van der Waals surface area contributed by atoms with Crippen LogP contribution in [0.2, 0.25) is 0 Å². The van der Waals surface area contributed by atoms with Gasteiger partial charge >= 0.3 is 0 Å². The van der Waals surface area contributed by atoms with Gasteiger partial charge in [-0.2, -0.15) is 4.98 Å². The summed E-state index contributed by atoms with van der Waals surface area (Å²) >= 11 is 0. The Balaban J connectivity index is 1.65. The first-order valence-corrected chi connectivity index (χ1v) is 7.54. The molecule has 6 nitrogen and oxygen atoms in total. The summed E-state index contributed by atoms with van der Waals surface area (Å²) in [4.78, 5) is 16.1. The fourth-order valence-electron chi connectivity index (χ4n) is 2.92. The molecule has 1 aliphatic rings. The van der Waals surface area contributed by atoms with Gasteiger partial charge in [0.25, 0.3) is 0 Å². The van der Waals surface area contributed by atoms with E-state index in [0.717, 1.165) is 24.8 Å². The van der Waals surface area contributed by atoms with E-state index in [0.29, 0.717) is 24.4 Å². The second-order valence-electron chi connectivity index (χ2n) is 5.85. The summed E-state index contributed by atoms with van der Waals surface area (Å²) < 4.78 is 4.72. The van der Waals surface area contributed by atoms with Crippen molar-refractivity contribution in [3.8, 4) is 11.4 Å².